The van der Waals surface area contributed by atoms with Crippen LogP contribution in [0, 0.1) is 0 Å². The van der Waals surface area contributed by atoms with Gasteiger partial charge in [0.15, 0.2) is 23.0 Å². The summed E-state index contributed by atoms with van der Waals surface area (Å²) in [6.45, 7) is 0. The molecule has 3 aromatic carbocycles. The number of aliphatic imine (C=N–C) groups is 1. The highest BCUT2D eigenvalue weighted by molar-refractivity contribution is 6.22. The van der Waals surface area contributed by atoms with Gasteiger partial charge in [0.25, 0.3) is 0 Å². The van der Waals surface area contributed by atoms with E-state index in [1.165, 1.54) is 11.1 Å². The Bertz CT molecular complexity index is 1390. The van der Waals surface area contributed by atoms with Crippen LogP contribution in [-0.2, 0) is 0 Å². The number of allylic oxidation sites excluding steroid dienone is 2. The van der Waals surface area contributed by atoms with Gasteiger partial charge in [-0.05, 0) is 78.9 Å². The summed E-state index contributed by atoms with van der Waals surface area (Å²) in [6.07, 6.45) is 5.10. The van der Waals surface area contributed by atoms with E-state index < -0.39 is 0 Å². The Labute approximate surface area is 211 Å². The molecule has 6 nitrogen and oxygen atoms in total. The van der Waals surface area contributed by atoms with Crippen LogP contribution in [0.2, 0.25) is 0 Å². The predicted molar refractivity (Wildman–Crippen MR) is 145 cm³/mol. The van der Waals surface area contributed by atoms with E-state index in [2.05, 4.69) is 23.5 Å². The van der Waals surface area contributed by atoms with Crippen molar-refractivity contribution >= 4 is 28.9 Å². The van der Waals surface area contributed by atoms with Crippen LogP contribution in [0.5, 0.6) is 23.0 Å². The summed E-state index contributed by atoms with van der Waals surface area (Å²) < 4.78 is 22.0. The van der Waals surface area contributed by atoms with E-state index in [1.807, 2.05) is 48.5 Å². The summed E-state index contributed by atoms with van der Waals surface area (Å²) in [5.41, 5.74) is 8.40. The number of nitrogens with zero attached hydrogens (tertiary/aromatic N) is 1. The van der Waals surface area contributed by atoms with Gasteiger partial charge >= 0.3 is 0 Å². The largest absolute Gasteiger partial charge is 0.493 e. The molecule has 0 atom stereocenters. The highest BCUT2D eigenvalue weighted by Crippen LogP contribution is 2.42. The first-order valence-corrected chi connectivity index (χ1v) is 12.0. The third-order valence-electron chi connectivity index (χ3n) is 6.58. The third kappa shape index (κ3) is 4.42. The van der Waals surface area contributed by atoms with Crippen LogP contribution < -0.4 is 24.3 Å². The summed E-state index contributed by atoms with van der Waals surface area (Å²) in [5, 5.41) is 3.69. The lowest BCUT2D eigenvalue weighted by Crippen LogP contribution is -2.16. The molecule has 0 amide bonds. The van der Waals surface area contributed by atoms with Gasteiger partial charge < -0.3 is 24.3 Å². The lowest BCUT2D eigenvalue weighted by molar-refractivity contribution is 0.355. The fourth-order valence-corrected chi connectivity index (χ4v) is 4.80. The van der Waals surface area contributed by atoms with Crippen molar-refractivity contribution in [3.05, 3.63) is 82.9 Å². The van der Waals surface area contributed by atoms with Crippen molar-refractivity contribution in [2.75, 3.05) is 33.8 Å². The van der Waals surface area contributed by atoms with Gasteiger partial charge in [-0.15, -0.1) is 0 Å². The molecule has 1 aliphatic carbocycles. The van der Waals surface area contributed by atoms with Crippen LogP contribution in [-0.4, -0.2) is 34.2 Å². The van der Waals surface area contributed by atoms with Gasteiger partial charge in [-0.2, -0.15) is 0 Å². The Hall–Kier alpha value is -4.19. The molecule has 6 heteroatoms. The molecule has 0 radical (unpaired) electrons. The zero-order valence-corrected chi connectivity index (χ0v) is 21.1. The molecule has 2 aliphatic rings. The number of hydrogen-bond acceptors (Lipinski definition) is 6. The van der Waals surface area contributed by atoms with Crippen LogP contribution in [0.25, 0.3) is 11.8 Å². The van der Waals surface area contributed by atoms with E-state index in [0.29, 0.717) is 23.0 Å². The van der Waals surface area contributed by atoms with Crippen molar-refractivity contribution in [2.45, 2.75) is 19.3 Å². The number of anilines is 1. The average Bonchev–Trinajstić information content (AvgIpc) is 3.10. The van der Waals surface area contributed by atoms with Gasteiger partial charge in [-0.1, -0.05) is 18.2 Å². The zero-order valence-electron chi connectivity index (χ0n) is 21.1. The van der Waals surface area contributed by atoms with Gasteiger partial charge in [0.05, 0.1) is 51.2 Å². The minimum absolute atomic E-state index is 0.692. The van der Waals surface area contributed by atoms with Crippen molar-refractivity contribution < 1.29 is 18.9 Å². The van der Waals surface area contributed by atoms with E-state index in [-0.39, 0.29) is 0 Å². The van der Waals surface area contributed by atoms with Crippen LogP contribution in [0.3, 0.4) is 0 Å². The first kappa shape index (κ1) is 23.5. The Morgan fingerprint density at radius 3 is 2.19 bits per heavy atom. The summed E-state index contributed by atoms with van der Waals surface area (Å²) in [5.74, 6) is 2.81. The van der Waals surface area contributed by atoms with Crippen molar-refractivity contribution in [3.63, 3.8) is 0 Å². The SMILES string of the molecule is COc1ccc(/C=C2\CCCC3=C(c4ccc(OC)c(OC)c4)Nc4ccccc4N=C32)cc1OC. The molecule has 0 bridgehead atoms. The van der Waals surface area contributed by atoms with Crippen molar-refractivity contribution in [2.24, 2.45) is 4.99 Å². The molecule has 5 rings (SSSR count). The number of methoxy groups -OCH3 is 4. The number of hydrogen-bond donors (Lipinski definition) is 1. The number of ether oxygens (including phenoxy) is 4. The van der Waals surface area contributed by atoms with Gasteiger partial charge in [0, 0.05) is 11.1 Å². The van der Waals surface area contributed by atoms with E-state index in [1.54, 1.807) is 28.4 Å². The van der Waals surface area contributed by atoms with Gasteiger partial charge in [-0.3, -0.25) is 0 Å². The molecule has 0 saturated heterocycles. The molecule has 184 valence electrons. The van der Waals surface area contributed by atoms with E-state index in [0.717, 1.165) is 53.2 Å². The van der Waals surface area contributed by atoms with Crippen LogP contribution in [0.15, 0.2) is 76.8 Å². The first-order chi connectivity index (χ1) is 17.6. The summed E-state index contributed by atoms with van der Waals surface area (Å²) in [7, 11) is 6.61. The molecule has 1 saturated carbocycles. The molecule has 1 fully saturated rings. The van der Waals surface area contributed by atoms with Crippen LogP contribution in [0.4, 0.5) is 11.4 Å². The molecule has 3 aromatic rings. The average molecular weight is 483 g/mol. The molecule has 1 N–H and O–H groups in total. The number of benzene rings is 3. The number of fused-ring (bicyclic) bond motifs is 2. The highest BCUT2D eigenvalue weighted by Gasteiger charge is 2.27. The topological polar surface area (TPSA) is 61.3 Å². The maximum absolute atomic E-state index is 5.61. The highest BCUT2D eigenvalue weighted by atomic mass is 16.5. The Balaban J connectivity index is 1.67. The minimum atomic E-state index is 0.692. The molecule has 0 aromatic heterocycles. The quantitative estimate of drug-likeness (QED) is 0.414. The van der Waals surface area contributed by atoms with Gasteiger partial charge in [-0.25, -0.2) is 4.99 Å². The second-order valence-corrected chi connectivity index (χ2v) is 8.66. The Kier molecular flexibility index (Phi) is 6.67. The van der Waals surface area contributed by atoms with E-state index >= 15 is 0 Å². The monoisotopic (exact) mass is 482 g/mol. The maximum atomic E-state index is 5.61. The minimum Gasteiger partial charge on any atom is -0.493 e. The normalized spacial score (nSPS) is 15.8. The van der Waals surface area contributed by atoms with Crippen molar-refractivity contribution in [3.8, 4) is 23.0 Å². The van der Waals surface area contributed by atoms with Crippen molar-refractivity contribution in [1.29, 1.82) is 0 Å². The summed E-state index contributed by atoms with van der Waals surface area (Å²) in [6, 6.07) is 20.2. The van der Waals surface area contributed by atoms with E-state index in [9.17, 15) is 0 Å². The molecule has 0 unspecified atom stereocenters. The molecular weight excluding hydrogens is 452 g/mol. The summed E-state index contributed by atoms with van der Waals surface area (Å²) in [4.78, 5) is 5.18. The van der Waals surface area contributed by atoms with Gasteiger partial charge in [0.1, 0.15) is 0 Å². The molecule has 1 aliphatic heterocycles. The third-order valence-corrected chi connectivity index (χ3v) is 6.58. The fraction of sp³-hybridized carbons (Fsp3) is 0.233. The zero-order chi connectivity index (χ0) is 25.1. The lowest BCUT2D eigenvalue weighted by atomic mass is 9.84. The van der Waals surface area contributed by atoms with E-state index in [4.69, 9.17) is 23.9 Å². The smallest absolute Gasteiger partial charge is 0.161 e. The molecule has 1 heterocycles. The number of rotatable bonds is 6. The first-order valence-electron chi connectivity index (χ1n) is 12.0. The lowest BCUT2D eigenvalue weighted by Gasteiger charge is -2.23. The molecular formula is C30H30N2O4. The molecule has 0 spiro atoms. The van der Waals surface area contributed by atoms with Gasteiger partial charge in [0.2, 0.25) is 0 Å². The Morgan fingerprint density at radius 1 is 0.750 bits per heavy atom. The van der Waals surface area contributed by atoms with Crippen LogP contribution in [0.1, 0.15) is 30.4 Å². The molecule has 36 heavy (non-hydrogen) atoms. The fourth-order valence-electron chi connectivity index (χ4n) is 4.80. The number of nitrogens with one attached hydrogen (secondary N) is 1. The Morgan fingerprint density at radius 2 is 1.44 bits per heavy atom. The second kappa shape index (κ2) is 10.2. The summed E-state index contributed by atoms with van der Waals surface area (Å²) >= 11 is 0. The number of para-hydroxylation sites is 2. The standard InChI is InChI=1S/C30H30N2O4/c1-33-25-14-12-19(17-27(25)35-3)16-20-8-7-9-22-29(20)31-23-10-5-6-11-24(23)32-30(22)21-13-15-26(34-2)28(18-21)36-4/h5-6,10-18,32H,7-9H2,1-4H3/b20-16+. The van der Waals surface area contributed by atoms with Crippen molar-refractivity contribution in [1.82, 2.24) is 0 Å². The second-order valence-electron chi connectivity index (χ2n) is 8.66. The maximum Gasteiger partial charge on any atom is 0.161 e. The predicted octanol–water partition coefficient (Wildman–Crippen LogP) is 6.90. The van der Waals surface area contributed by atoms with Crippen LogP contribution >= 0.6 is 0 Å².